The fourth-order valence-corrected chi connectivity index (χ4v) is 4.90. The molecule has 0 unspecified atom stereocenters. The van der Waals surface area contributed by atoms with Crippen molar-refractivity contribution in [2.45, 2.75) is 17.2 Å². The molecule has 96 valence electrons. The van der Waals surface area contributed by atoms with E-state index in [4.69, 9.17) is 0 Å². The lowest BCUT2D eigenvalue weighted by molar-refractivity contribution is 0.408. The van der Waals surface area contributed by atoms with E-state index in [0.717, 1.165) is 33.4 Å². The van der Waals surface area contributed by atoms with Gasteiger partial charge in [-0.2, -0.15) is 0 Å². The molecule has 3 nitrogen and oxygen atoms in total. The van der Waals surface area contributed by atoms with Gasteiger partial charge in [-0.1, -0.05) is 12.1 Å². The molecule has 1 saturated heterocycles. The van der Waals surface area contributed by atoms with Crippen molar-refractivity contribution in [2.75, 3.05) is 18.8 Å². The van der Waals surface area contributed by atoms with Gasteiger partial charge in [-0.15, -0.1) is 11.3 Å². The van der Waals surface area contributed by atoms with Gasteiger partial charge in [0.15, 0.2) is 4.34 Å². The van der Waals surface area contributed by atoms with Gasteiger partial charge in [-0.25, -0.2) is 4.98 Å². The molecule has 5 heteroatoms. The molecule has 1 aromatic carbocycles. The van der Waals surface area contributed by atoms with Gasteiger partial charge >= 0.3 is 0 Å². The molecule has 1 fully saturated rings. The number of aromatic nitrogens is 1. The van der Waals surface area contributed by atoms with Crippen LogP contribution in [0, 0.1) is 5.92 Å². The summed E-state index contributed by atoms with van der Waals surface area (Å²) in [6, 6.07) is 7.99. The van der Waals surface area contributed by atoms with Gasteiger partial charge in [0, 0.05) is 5.75 Å². The number of thiazole rings is 1. The molecule has 0 bridgehead atoms. The van der Waals surface area contributed by atoms with Gasteiger partial charge in [0.25, 0.3) is 0 Å². The zero-order valence-electron chi connectivity index (χ0n) is 10.1. The summed E-state index contributed by atoms with van der Waals surface area (Å²) in [5.74, 6) is 1.28. The number of benzene rings is 1. The van der Waals surface area contributed by atoms with Gasteiger partial charge in [0.1, 0.15) is 0 Å². The number of para-hydroxylation sites is 1. The van der Waals surface area contributed by atoms with Gasteiger partial charge in [-0.05, 0) is 44.0 Å². The summed E-state index contributed by atoms with van der Waals surface area (Å²) in [5, 5.41) is 3.37. The van der Waals surface area contributed by atoms with Crippen LogP contribution in [0.25, 0.3) is 10.2 Å². The summed E-state index contributed by atoms with van der Waals surface area (Å²) < 4.78 is 14.2. The highest BCUT2D eigenvalue weighted by atomic mass is 32.2. The summed E-state index contributed by atoms with van der Waals surface area (Å²) in [6.45, 7) is 2.10. The second-order valence-corrected chi connectivity index (χ2v) is 7.37. The van der Waals surface area contributed by atoms with E-state index in [1.807, 2.05) is 24.3 Å². The average molecular weight is 280 g/mol. The molecule has 1 aromatic heterocycles. The largest absolute Gasteiger partial charge is 0.316 e. The van der Waals surface area contributed by atoms with E-state index < -0.39 is 10.8 Å². The Labute approximate surface area is 113 Å². The Bertz CT molecular complexity index is 528. The topological polar surface area (TPSA) is 42.0 Å². The van der Waals surface area contributed by atoms with Crippen molar-refractivity contribution < 1.29 is 4.21 Å². The molecule has 0 saturated carbocycles. The molecule has 0 aliphatic carbocycles. The van der Waals surface area contributed by atoms with Gasteiger partial charge in [0.05, 0.1) is 21.0 Å². The zero-order valence-corrected chi connectivity index (χ0v) is 11.7. The fraction of sp³-hybridized carbons (Fsp3) is 0.462. The lowest BCUT2D eigenvalue weighted by Crippen LogP contribution is -2.32. The number of nitrogens with zero attached hydrogens (tertiary/aromatic N) is 1. The minimum absolute atomic E-state index is 0.534. The van der Waals surface area contributed by atoms with E-state index in [-0.39, 0.29) is 0 Å². The van der Waals surface area contributed by atoms with Crippen LogP contribution in [-0.4, -0.2) is 28.0 Å². The first-order chi connectivity index (χ1) is 8.83. The third-order valence-corrected chi connectivity index (χ3v) is 6.15. The Morgan fingerprint density at radius 1 is 1.44 bits per heavy atom. The number of fused-ring (bicyclic) bond motifs is 1. The Kier molecular flexibility index (Phi) is 3.72. The molecular weight excluding hydrogens is 264 g/mol. The Hall–Kier alpha value is -0.780. The van der Waals surface area contributed by atoms with E-state index in [1.165, 1.54) is 12.8 Å². The van der Waals surface area contributed by atoms with E-state index in [2.05, 4.69) is 10.3 Å². The second kappa shape index (κ2) is 5.47. The normalized spacial score (nSPS) is 22.1. The monoisotopic (exact) mass is 280 g/mol. The van der Waals surface area contributed by atoms with Crippen molar-refractivity contribution in [1.29, 1.82) is 0 Å². The first-order valence-corrected chi connectivity index (χ1v) is 8.41. The lowest BCUT2D eigenvalue weighted by Gasteiger charge is -2.21. The Balaban J connectivity index is 1.74. The predicted octanol–water partition coefficient (Wildman–Crippen LogP) is 2.40. The number of rotatable bonds is 3. The highest BCUT2D eigenvalue weighted by Gasteiger charge is 2.19. The molecule has 2 aromatic rings. The summed E-state index contributed by atoms with van der Waals surface area (Å²) in [5.41, 5.74) is 0.965. The smallest absolute Gasteiger partial charge is 0.181 e. The predicted molar refractivity (Wildman–Crippen MR) is 76.5 cm³/mol. The van der Waals surface area contributed by atoms with Crippen LogP contribution in [-0.2, 0) is 10.8 Å². The van der Waals surface area contributed by atoms with Crippen LogP contribution in [0.2, 0.25) is 0 Å². The molecule has 1 aliphatic heterocycles. The zero-order chi connectivity index (χ0) is 12.4. The summed E-state index contributed by atoms with van der Waals surface area (Å²) in [7, 11) is -0.946. The fourth-order valence-electron chi connectivity index (χ4n) is 2.30. The summed E-state index contributed by atoms with van der Waals surface area (Å²) in [4.78, 5) is 4.48. The highest BCUT2D eigenvalue weighted by Crippen LogP contribution is 2.25. The third kappa shape index (κ3) is 2.63. The average Bonchev–Trinajstić information content (AvgIpc) is 2.84. The molecule has 2 atom stereocenters. The molecule has 1 N–H and O–H groups in total. The Morgan fingerprint density at radius 2 is 2.33 bits per heavy atom. The molecule has 0 spiro atoms. The minimum Gasteiger partial charge on any atom is -0.316 e. The van der Waals surface area contributed by atoms with Crippen molar-refractivity contribution >= 4 is 32.4 Å². The van der Waals surface area contributed by atoms with Gasteiger partial charge < -0.3 is 5.32 Å². The van der Waals surface area contributed by atoms with Crippen molar-refractivity contribution in [1.82, 2.24) is 10.3 Å². The molecule has 1 aliphatic rings. The van der Waals surface area contributed by atoms with Crippen LogP contribution >= 0.6 is 11.3 Å². The van der Waals surface area contributed by atoms with Crippen LogP contribution in [0.3, 0.4) is 0 Å². The molecule has 18 heavy (non-hydrogen) atoms. The lowest BCUT2D eigenvalue weighted by atomic mass is 10.0. The quantitative estimate of drug-likeness (QED) is 0.939. The molecule has 0 radical (unpaired) electrons. The number of nitrogens with one attached hydrogen (secondary N) is 1. The summed E-state index contributed by atoms with van der Waals surface area (Å²) in [6.07, 6.45) is 2.38. The SMILES string of the molecule is O=[S@](C[C@@H]1CCCNC1)c1nc2ccccc2s1. The standard InChI is InChI=1S/C13H16N2OS2/c16-18(9-10-4-3-7-14-8-10)13-15-11-5-1-2-6-12(11)17-13/h1-2,5-6,10,14H,3-4,7-9H2/t10-,18-/m1/s1. The molecule has 2 heterocycles. The Morgan fingerprint density at radius 3 is 3.11 bits per heavy atom. The highest BCUT2D eigenvalue weighted by molar-refractivity contribution is 7.87. The van der Waals surface area contributed by atoms with Gasteiger partial charge in [-0.3, -0.25) is 4.21 Å². The second-order valence-electron chi connectivity index (χ2n) is 4.67. The van der Waals surface area contributed by atoms with Crippen molar-refractivity contribution in [3.8, 4) is 0 Å². The van der Waals surface area contributed by atoms with Crippen LogP contribution in [0.5, 0.6) is 0 Å². The van der Waals surface area contributed by atoms with E-state index in [9.17, 15) is 4.21 Å². The van der Waals surface area contributed by atoms with Crippen LogP contribution < -0.4 is 5.32 Å². The van der Waals surface area contributed by atoms with Gasteiger partial charge in [0.2, 0.25) is 0 Å². The van der Waals surface area contributed by atoms with Crippen molar-refractivity contribution in [2.24, 2.45) is 5.92 Å². The van der Waals surface area contributed by atoms with E-state index in [1.54, 1.807) is 11.3 Å². The maximum absolute atomic E-state index is 12.3. The minimum atomic E-state index is -0.946. The van der Waals surface area contributed by atoms with Crippen LogP contribution in [0.15, 0.2) is 28.6 Å². The van der Waals surface area contributed by atoms with E-state index >= 15 is 0 Å². The molecule has 3 rings (SSSR count). The van der Waals surface area contributed by atoms with Crippen LogP contribution in [0.1, 0.15) is 12.8 Å². The molecular formula is C13H16N2OS2. The number of piperidine rings is 1. The number of hydrogen-bond acceptors (Lipinski definition) is 4. The maximum atomic E-state index is 12.3. The first-order valence-electron chi connectivity index (χ1n) is 6.27. The van der Waals surface area contributed by atoms with Crippen LogP contribution in [0.4, 0.5) is 0 Å². The van der Waals surface area contributed by atoms with Crippen molar-refractivity contribution in [3.05, 3.63) is 24.3 Å². The molecule has 0 amide bonds. The first kappa shape index (κ1) is 12.3. The summed E-state index contributed by atoms with van der Waals surface area (Å²) >= 11 is 1.56. The third-order valence-electron chi connectivity index (χ3n) is 3.26. The van der Waals surface area contributed by atoms with E-state index in [0.29, 0.717) is 5.92 Å². The number of hydrogen-bond donors (Lipinski definition) is 1. The van der Waals surface area contributed by atoms with Crippen molar-refractivity contribution in [3.63, 3.8) is 0 Å². The maximum Gasteiger partial charge on any atom is 0.181 e.